The molecule has 0 N–H and O–H groups in total. The van der Waals surface area contributed by atoms with Crippen molar-refractivity contribution in [3.63, 3.8) is 0 Å². The van der Waals surface area contributed by atoms with Gasteiger partial charge in [-0.25, -0.2) is 4.98 Å². The standard InChI is InChI=1S/C28H37N3O3/c1-7-10-13-21(8-2)27(32)30(9-3)20(5)26-29-23-15-12-11-14-22(23)28(33)31(26)24-18-19(4)16-17-25(24)34-6/h11-12,14-18,20-21H,7-10,13H2,1-6H3. The van der Waals surface area contributed by atoms with Crippen molar-refractivity contribution >= 4 is 16.8 Å². The number of rotatable bonds is 10. The first kappa shape index (κ1) is 25.5. The molecule has 0 radical (unpaired) electrons. The summed E-state index contributed by atoms with van der Waals surface area (Å²) in [5, 5.41) is 0.533. The van der Waals surface area contributed by atoms with Gasteiger partial charge < -0.3 is 9.64 Å². The summed E-state index contributed by atoms with van der Waals surface area (Å²) in [7, 11) is 1.60. The molecule has 6 nitrogen and oxygen atoms in total. The summed E-state index contributed by atoms with van der Waals surface area (Å²) in [6.07, 6.45) is 3.75. The van der Waals surface area contributed by atoms with Crippen LogP contribution in [0.25, 0.3) is 16.6 Å². The van der Waals surface area contributed by atoms with Gasteiger partial charge in [0, 0.05) is 12.5 Å². The van der Waals surface area contributed by atoms with Crippen LogP contribution in [0.1, 0.15) is 70.8 Å². The van der Waals surface area contributed by atoms with E-state index in [0.29, 0.717) is 34.7 Å². The molecule has 0 aliphatic rings. The maximum Gasteiger partial charge on any atom is 0.266 e. The SMILES string of the molecule is CCCCC(CC)C(=O)N(CC)C(C)c1nc2ccccc2c(=O)n1-c1cc(C)ccc1OC. The highest BCUT2D eigenvalue weighted by atomic mass is 16.5. The normalized spacial score (nSPS) is 13.0. The van der Waals surface area contributed by atoms with Gasteiger partial charge in [0.2, 0.25) is 5.91 Å². The van der Waals surface area contributed by atoms with Crippen molar-refractivity contribution in [1.29, 1.82) is 0 Å². The Labute approximate surface area is 202 Å². The van der Waals surface area contributed by atoms with E-state index in [2.05, 4.69) is 13.8 Å². The summed E-state index contributed by atoms with van der Waals surface area (Å²) >= 11 is 0. The Hall–Kier alpha value is -3.15. The van der Waals surface area contributed by atoms with Crippen molar-refractivity contribution in [3.05, 3.63) is 64.2 Å². The average Bonchev–Trinajstić information content (AvgIpc) is 2.84. The summed E-state index contributed by atoms with van der Waals surface area (Å²) in [6.45, 7) is 10.7. The number of aromatic nitrogens is 2. The maximum atomic E-state index is 13.8. The highest BCUT2D eigenvalue weighted by Gasteiger charge is 2.30. The monoisotopic (exact) mass is 463 g/mol. The van der Waals surface area contributed by atoms with Crippen LogP contribution in [0.5, 0.6) is 5.75 Å². The Bertz CT molecular complexity index is 1200. The number of hydrogen-bond donors (Lipinski definition) is 0. The first-order valence-corrected chi connectivity index (χ1v) is 12.3. The van der Waals surface area contributed by atoms with Gasteiger partial charge in [0.15, 0.2) is 0 Å². The van der Waals surface area contributed by atoms with E-state index in [4.69, 9.17) is 9.72 Å². The zero-order chi connectivity index (χ0) is 24.8. The van der Waals surface area contributed by atoms with Crippen LogP contribution in [0.2, 0.25) is 0 Å². The molecule has 2 unspecified atom stereocenters. The van der Waals surface area contributed by atoms with Crippen molar-refractivity contribution in [1.82, 2.24) is 14.5 Å². The third-order valence-electron chi connectivity index (χ3n) is 6.59. The van der Waals surface area contributed by atoms with E-state index in [-0.39, 0.29) is 17.4 Å². The minimum atomic E-state index is -0.393. The Morgan fingerprint density at radius 2 is 1.88 bits per heavy atom. The number of carbonyl (C=O) groups excluding carboxylic acids is 1. The van der Waals surface area contributed by atoms with Gasteiger partial charge in [-0.1, -0.05) is 44.9 Å². The predicted octanol–water partition coefficient (Wildman–Crippen LogP) is 5.83. The summed E-state index contributed by atoms with van der Waals surface area (Å²) in [5.74, 6) is 1.21. The van der Waals surface area contributed by atoms with Crippen LogP contribution in [0.3, 0.4) is 0 Å². The minimum absolute atomic E-state index is 0.0310. The molecule has 0 spiro atoms. The van der Waals surface area contributed by atoms with E-state index in [1.807, 2.05) is 62.1 Å². The van der Waals surface area contributed by atoms with Gasteiger partial charge in [0.1, 0.15) is 11.6 Å². The van der Waals surface area contributed by atoms with Crippen LogP contribution in [0, 0.1) is 12.8 Å². The zero-order valence-corrected chi connectivity index (χ0v) is 21.3. The lowest BCUT2D eigenvalue weighted by atomic mass is 9.97. The minimum Gasteiger partial charge on any atom is -0.495 e. The molecular formula is C28H37N3O3. The molecular weight excluding hydrogens is 426 g/mol. The lowest BCUT2D eigenvalue weighted by Crippen LogP contribution is -2.40. The smallest absolute Gasteiger partial charge is 0.266 e. The number of nitrogens with zero attached hydrogens (tertiary/aromatic N) is 3. The van der Waals surface area contributed by atoms with Gasteiger partial charge in [0.25, 0.3) is 5.56 Å². The molecule has 0 fully saturated rings. The lowest BCUT2D eigenvalue weighted by molar-refractivity contribution is -0.138. The number of benzene rings is 2. The quantitative estimate of drug-likeness (QED) is 0.379. The number of para-hydroxylation sites is 1. The van der Waals surface area contributed by atoms with Gasteiger partial charge in [-0.05, 0) is 63.4 Å². The third kappa shape index (κ3) is 5.01. The molecule has 6 heteroatoms. The van der Waals surface area contributed by atoms with Gasteiger partial charge >= 0.3 is 0 Å². The number of fused-ring (bicyclic) bond motifs is 1. The number of carbonyl (C=O) groups is 1. The molecule has 34 heavy (non-hydrogen) atoms. The Balaban J connectivity index is 2.23. The van der Waals surface area contributed by atoms with Crippen LogP contribution in [0.4, 0.5) is 0 Å². The molecule has 1 amide bonds. The van der Waals surface area contributed by atoms with Crippen LogP contribution in [-0.4, -0.2) is 34.0 Å². The van der Waals surface area contributed by atoms with Crippen LogP contribution >= 0.6 is 0 Å². The first-order valence-electron chi connectivity index (χ1n) is 12.3. The van der Waals surface area contributed by atoms with Gasteiger partial charge in [0.05, 0.1) is 29.7 Å². The Morgan fingerprint density at radius 1 is 1.15 bits per heavy atom. The maximum absolute atomic E-state index is 13.8. The molecule has 0 aliphatic heterocycles. The highest BCUT2D eigenvalue weighted by Crippen LogP contribution is 2.30. The van der Waals surface area contributed by atoms with Crippen molar-refractivity contribution < 1.29 is 9.53 Å². The van der Waals surface area contributed by atoms with E-state index >= 15 is 0 Å². The molecule has 1 aromatic heterocycles. The third-order valence-corrected chi connectivity index (χ3v) is 6.59. The number of unbranched alkanes of at least 4 members (excludes halogenated alkanes) is 1. The highest BCUT2D eigenvalue weighted by molar-refractivity contribution is 5.80. The van der Waals surface area contributed by atoms with E-state index < -0.39 is 6.04 Å². The summed E-state index contributed by atoms with van der Waals surface area (Å²) in [4.78, 5) is 34.2. The van der Waals surface area contributed by atoms with Crippen LogP contribution in [0.15, 0.2) is 47.3 Å². The predicted molar refractivity (Wildman–Crippen MR) is 138 cm³/mol. The van der Waals surface area contributed by atoms with Crippen molar-refractivity contribution in [2.45, 2.75) is 66.3 Å². The van der Waals surface area contributed by atoms with Crippen LogP contribution < -0.4 is 10.3 Å². The molecule has 2 aromatic carbocycles. The first-order chi connectivity index (χ1) is 16.4. The van der Waals surface area contributed by atoms with Crippen molar-refractivity contribution in [2.75, 3.05) is 13.7 Å². The van der Waals surface area contributed by atoms with Crippen molar-refractivity contribution in [3.8, 4) is 11.4 Å². The second kappa shape index (κ2) is 11.3. The lowest BCUT2D eigenvalue weighted by Gasteiger charge is -2.32. The zero-order valence-electron chi connectivity index (χ0n) is 21.3. The largest absolute Gasteiger partial charge is 0.495 e. The molecule has 3 rings (SSSR count). The fourth-order valence-corrected chi connectivity index (χ4v) is 4.58. The van der Waals surface area contributed by atoms with E-state index in [0.717, 1.165) is 31.2 Å². The second-order valence-corrected chi connectivity index (χ2v) is 8.85. The Morgan fingerprint density at radius 3 is 2.53 bits per heavy atom. The summed E-state index contributed by atoms with van der Waals surface area (Å²) in [6, 6.07) is 12.7. The number of amides is 1. The average molecular weight is 464 g/mol. The van der Waals surface area contributed by atoms with Crippen molar-refractivity contribution in [2.24, 2.45) is 5.92 Å². The molecule has 0 saturated heterocycles. The van der Waals surface area contributed by atoms with E-state index in [1.165, 1.54) is 0 Å². The number of methoxy groups -OCH3 is 1. The van der Waals surface area contributed by atoms with E-state index in [1.54, 1.807) is 17.7 Å². The Kier molecular flexibility index (Phi) is 8.48. The van der Waals surface area contributed by atoms with Gasteiger partial charge in [-0.2, -0.15) is 0 Å². The number of hydrogen-bond acceptors (Lipinski definition) is 4. The van der Waals surface area contributed by atoms with Gasteiger partial charge in [-0.3, -0.25) is 14.2 Å². The summed E-state index contributed by atoms with van der Waals surface area (Å²) in [5.41, 5.74) is 2.09. The second-order valence-electron chi connectivity index (χ2n) is 8.85. The van der Waals surface area contributed by atoms with Crippen LogP contribution in [-0.2, 0) is 4.79 Å². The molecule has 3 aromatic rings. The molecule has 0 bridgehead atoms. The molecule has 182 valence electrons. The fourth-order valence-electron chi connectivity index (χ4n) is 4.58. The molecule has 2 atom stereocenters. The topological polar surface area (TPSA) is 64.4 Å². The molecule has 0 aliphatic carbocycles. The molecule has 1 heterocycles. The summed E-state index contributed by atoms with van der Waals surface area (Å²) < 4.78 is 7.25. The van der Waals surface area contributed by atoms with E-state index in [9.17, 15) is 9.59 Å². The molecule has 0 saturated carbocycles. The van der Waals surface area contributed by atoms with Gasteiger partial charge in [-0.15, -0.1) is 0 Å². The number of aryl methyl sites for hydroxylation is 1. The number of ether oxygens (including phenoxy) is 1. The fraction of sp³-hybridized carbons (Fsp3) is 0.464.